The van der Waals surface area contributed by atoms with Gasteiger partial charge in [-0.05, 0) is 77.1 Å². The molecule has 1 aromatic heterocycles. The molecule has 0 fully saturated rings. The minimum atomic E-state index is -2.06. The average Bonchev–Trinajstić information content (AvgIpc) is 2.90. The zero-order chi connectivity index (χ0) is 29.2. The van der Waals surface area contributed by atoms with Crippen molar-refractivity contribution in [3.8, 4) is 0 Å². The van der Waals surface area contributed by atoms with Crippen LogP contribution in [0.4, 0.5) is 5.69 Å². The first-order valence-electron chi connectivity index (χ1n) is 13.9. The molecule has 4 rings (SSSR count). The SMILES string of the molecule is Cc1c(C(=O)NCCCCCC(=O)[O-])cncc1C1=C2C=CC(=[N+](C)C)C=C2[Si](C)(C)c2cc(N(C)C)ccc21. The fourth-order valence-corrected chi connectivity index (χ4v) is 8.62. The molecule has 2 aliphatic rings. The Morgan fingerprint density at radius 2 is 1.80 bits per heavy atom. The highest BCUT2D eigenvalue weighted by Crippen LogP contribution is 2.42. The highest BCUT2D eigenvalue weighted by Gasteiger charge is 2.40. The fourth-order valence-electron chi connectivity index (χ4n) is 5.55. The number of benzene rings is 1. The number of hydrogen-bond donors (Lipinski definition) is 1. The molecule has 1 amide bonds. The van der Waals surface area contributed by atoms with E-state index >= 15 is 0 Å². The second-order valence-electron chi connectivity index (χ2n) is 11.5. The first-order chi connectivity index (χ1) is 18.9. The number of hydrogen-bond acceptors (Lipinski definition) is 5. The van der Waals surface area contributed by atoms with Crippen LogP contribution in [0, 0.1) is 6.92 Å². The number of carboxylic acids is 1. The number of aromatic nitrogens is 1. The normalized spacial score (nSPS) is 15.3. The number of amides is 1. The van der Waals surface area contributed by atoms with E-state index in [2.05, 4.69) is 97.5 Å². The van der Waals surface area contributed by atoms with Gasteiger partial charge in [-0.3, -0.25) is 9.78 Å². The second-order valence-corrected chi connectivity index (χ2v) is 15.9. The summed E-state index contributed by atoms with van der Waals surface area (Å²) in [7, 11) is 6.22. The van der Waals surface area contributed by atoms with Crippen LogP contribution in [0.3, 0.4) is 0 Å². The van der Waals surface area contributed by atoms with Crippen LogP contribution < -0.4 is 20.5 Å². The number of aliphatic carboxylic acids is 1. The molecule has 210 valence electrons. The van der Waals surface area contributed by atoms with Gasteiger partial charge in [0.05, 0.1) is 5.56 Å². The van der Waals surface area contributed by atoms with Crippen LogP contribution in [0.15, 0.2) is 59.6 Å². The smallest absolute Gasteiger partial charge is 0.253 e. The Morgan fingerprint density at radius 3 is 2.48 bits per heavy atom. The lowest BCUT2D eigenvalue weighted by atomic mass is 9.87. The van der Waals surface area contributed by atoms with Gasteiger partial charge in [-0.1, -0.05) is 25.6 Å². The van der Waals surface area contributed by atoms with E-state index in [-0.39, 0.29) is 12.3 Å². The summed E-state index contributed by atoms with van der Waals surface area (Å²) in [6, 6.07) is 6.74. The standard InChI is InChI=1S/C32H40N4O3Si/c1-21-26(19-33-20-27(21)32(39)34-16-10-8-9-11-30(37)38)31-24-14-12-22(35(2)3)17-28(24)40(6,7)29-18-23(36(4)5)13-15-25(29)31/h12-15,17-20H,8-11,16H2,1-7H3,(H-,34,37,38,39). The summed E-state index contributed by atoms with van der Waals surface area (Å²) in [5.41, 5.74) is 8.30. The number of nitrogens with zero attached hydrogens (tertiary/aromatic N) is 3. The topological polar surface area (TPSA) is 88.4 Å². The first kappa shape index (κ1) is 29.2. The number of carbonyl (C=O) groups is 2. The van der Waals surface area contributed by atoms with Crippen molar-refractivity contribution >= 4 is 42.1 Å². The minimum absolute atomic E-state index is 0.0479. The van der Waals surface area contributed by atoms with E-state index in [4.69, 9.17) is 0 Å². The summed E-state index contributed by atoms with van der Waals surface area (Å²) >= 11 is 0. The molecule has 2 heterocycles. The number of unbranched alkanes of at least 4 members (excludes halogenated alkanes) is 2. The predicted molar refractivity (Wildman–Crippen MR) is 163 cm³/mol. The Bertz CT molecular complexity index is 1480. The van der Waals surface area contributed by atoms with Crippen LogP contribution >= 0.6 is 0 Å². The molecule has 1 N–H and O–H groups in total. The Labute approximate surface area is 238 Å². The quantitative estimate of drug-likeness (QED) is 0.292. The van der Waals surface area contributed by atoms with E-state index in [1.807, 2.05) is 13.1 Å². The Kier molecular flexibility index (Phi) is 8.59. The van der Waals surface area contributed by atoms with Crippen molar-refractivity contribution in [1.82, 2.24) is 10.3 Å². The van der Waals surface area contributed by atoms with Crippen molar-refractivity contribution in [2.75, 3.05) is 39.6 Å². The van der Waals surface area contributed by atoms with Gasteiger partial charge in [0.2, 0.25) is 0 Å². The van der Waals surface area contributed by atoms with Crippen LogP contribution in [-0.4, -0.2) is 70.0 Å². The minimum Gasteiger partial charge on any atom is -0.550 e. The lowest BCUT2D eigenvalue weighted by Gasteiger charge is -2.38. The monoisotopic (exact) mass is 556 g/mol. The third-order valence-corrected chi connectivity index (χ3v) is 11.5. The van der Waals surface area contributed by atoms with E-state index in [1.54, 1.807) is 6.20 Å². The molecule has 2 aromatic rings. The summed E-state index contributed by atoms with van der Waals surface area (Å²) < 4.78 is 2.15. The number of pyridine rings is 1. The molecule has 0 unspecified atom stereocenters. The Balaban J connectivity index is 1.78. The molecule has 1 aliphatic carbocycles. The number of allylic oxidation sites excluding steroid dienone is 5. The summed E-state index contributed by atoms with van der Waals surface area (Å²) in [5, 5.41) is 16.4. The predicted octanol–water partition coefficient (Wildman–Crippen LogP) is 2.98. The number of nitrogens with one attached hydrogen (secondary N) is 1. The largest absolute Gasteiger partial charge is 0.550 e. The fraction of sp³-hybridized carbons (Fsp3) is 0.375. The summed E-state index contributed by atoms with van der Waals surface area (Å²) in [6.07, 6.45) is 12.3. The number of carboxylic acid groups (broad SMARTS) is 1. The second kappa shape index (κ2) is 11.8. The molecule has 0 atom stereocenters. The molecule has 7 nitrogen and oxygen atoms in total. The van der Waals surface area contributed by atoms with Crippen molar-refractivity contribution in [3.63, 3.8) is 0 Å². The molecule has 40 heavy (non-hydrogen) atoms. The highest BCUT2D eigenvalue weighted by molar-refractivity contribution is 6.98. The zero-order valence-corrected chi connectivity index (χ0v) is 25.7. The van der Waals surface area contributed by atoms with Crippen molar-refractivity contribution in [3.05, 3.63) is 81.8 Å². The highest BCUT2D eigenvalue weighted by atomic mass is 28.3. The number of rotatable bonds is 9. The summed E-state index contributed by atoms with van der Waals surface area (Å²) in [4.78, 5) is 30.5. The van der Waals surface area contributed by atoms with Crippen LogP contribution in [0.5, 0.6) is 0 Å². The van der Waals surface area contributed by atoms with Gasteiger partial charge in [-0.2, -0.15) is 0 Å². The molecular weight excluding hydrogens is 516 g/mol. The van der Waals surface area contributed by atoms with E-state index < -0.39 is 14.0 Å². The van der Waals surface area contributed by atoms with Gasteiger partial charge in [0.15, 0.2) is 5.71 Å². The average molecular weight is 557 g/mol. The molecule has 0 bridgehead atoms. The molecule has 0 saturated heterocycles. The van der Waals surface area contributed by atoms with Crippen molar-refractivity contribution < 1.29 is 19.3 Å². The Morgan fingerprint density at radius 1 is 1.05 bits per heavy atom. The Hall–Kier alpha value is -3.78. The van der Waals surface area contributed by atoms with Gasteiger partial charge in [0.1, 0.15) is 22.2 Å². The van der Waals surface area contributed by atoms with Gasteiger partial charge in [-0.25, -0.2) is 4.58 Å². The van der Waals surface area contributed by atoms with E-state index in [0.717, 1.165) is 23.1 Å². The van der Waals surface area contributed by atoms with Gasteiger partial charge in [0.25, 0.3) is 5.91 Å². The van der Waals surface area contributed by atoms with Crippen molar-refractivity contribution in [1.29, 1.82) is 0 Å². The molecule has 0 saturated carbocycles. The third-order valence-electron chi connectivity index (χ3n) is 8.00. The lowest BCUT2D eigenvalue weighted by molar-refractivity contribution is -0.462. The molecule has 0 spiro atoms. The maximum absolute atomic E-state index is 13.2. The zero-order valence-electron chi connectivity index (χ0n) is 24.7. The van der Waals surface area contributed by atoms with Crippen LogP contribution in [-0.2, 0) is 4.79 Å². The number of carbonyl (C=O) groups excluding carboxylic acids is 2. The molecule has 1 aliphatic heterocycles. The lowest BCUT2D eigenvalue weighted by Crippen LogP contribution is -2.49. The van der Waals surface area contributed by atoms with Crippen molar-refractivity contribution in [2.45, 2.75) is 45.7 Å². The van der Waals surface area contributed by atoms with Crippen LogP contribution in [0.1, 0.15) is 52.7 Å². The third kappa shape index (κ3) is 5.72. The van der Waals surface area contributed by atoms with Gasteiger partial charge in [-0.15, -0.1) is 0 Å². The summed E-state index contributed by atoms with van der Waals surface area (Å²) in [5.74, 6) is -1.20. The van der Waals surface area contributed by atoms with Gasteiger partial charge < -0.3 is 20.1 Å². The van der Waals surface area contributed by atoms with E-state index in [1.165, 1.54) is 32.9 Å². The van der Waals surface area contributed by atoms with Gasteiger partial charge >= 0.3 is 0 Å². The molecular formula is C32H40N4O3Si. The first-order valence-corrected chi connectivity index (χ1v) is 16.9. The number of fused-ring (bicyclic) bond motifs is 2. The van der Waals surface area contributed by atoms with Crippen LogP contribution in [0.2, 0.25) is 13.1 Å². The van der Waals surface area contributed by atoms with E-state index in [9.17, 15) is 14.7 Å². The summed E-state index contributed by atoms with van der Waals surface area (Å²) in [6.45, 7) is 7.32. The molecule has 1 aromatic carbocycles. The van der Waals surface area contributed by atoms with E-state index in [0.29, 0.717) is 24.9 Å². The number of anilines is 1. The maximum atomic E-state index is 13.2. The van der Waals surface area contributed by atoms with Crippen molar-refractivity contribution in [2.24, 2.45) is 0 Å². The molecule has 0 radical (unpaired) electrons. The van der Waals surface area contributed by atoms with Gasteiger partial charge in [0, 0.05) is 62.4 Å². The maximum Gasteiger partial charge on any atom is 0.253 e. The van der Waals surface area contributed by atoms with Crippen LogP contribution in [0.25, 0.3) is 5.57 Å². The molecule has 8 heteroatoms.